The molecule has 37 heavy (non-hydrogen) atoms. The van der Waals surface area contributed by atoms with Gasteiger partial charge in [-0.05, 0) is 56.2 Å². The minimum absolute atomic E-state index is 0.0203. The number of nitrogens with one attached hydrogen (secondary N) is 2. The fraction of sp³-hybridized carbons (Fsp3) is 0.360. The first-order chi connectivity index (χ1) is 18.1. The number of thioether (sulfide) groups is 2. The second-order valence-electron chi connectivity index (χ2n) is 8.27. The van der Waals surface area contributed by atoms with Gasteiger partial charge in [-0.3, -0.25) is 9.59 Å². The lowest BCUT2D eigenvalue weighted by Gasteiger charge is -2.09. The Morgan fingerprint density at radius 1 is 1.03 bits per heavy atom. The highest BCUT2D eigenvalue weighted by atomic mass is 32.2. The highest BCUT2D eigenvalue weighted by Gasteiger charge is 2.17. The van der Waals surface area contributed by atoms with Gasteiger partial charge in [-0.1, -0.05) is 23.5 Å². The van der Waals surface area contributed by atoms with E-state index in [1.807, 2.05) is 43.3 Å². The van der Waals surface area contributed by atoms with Gasteiger partial charge in [-0.15, -0.1) is 22.7 Å². The predicted octanol–water partition coefficient (Wildman–Crippen LogP) is 5.42. The van der Waals surface area contributed by atoms with Crippen LogP contribution in [0.3, 0.4) is 0 Å². The molecule has 8 nitrogen and oxygen atoms in total. The molecule has 3 heterocycles. The summed E-state index contributed by atoms with van der Waals surface area (Å²) in [6, 6.07) is 11.5. The third kappa shape index (κ3) is 7.14. The molecule has 0 aliphatic carbocycles. The first kappa shape index (κ1) is 26.2. The fourth-order valence-electron chi connectivity index (χ4n) is 3.78. The quantitative estimate of drug-likeness (QED) is 0.229. The Balaban J connectivity index is 1.11. The van der Waals surface area contributed by atoms with Crippen LogP contribution >= 0.6 is 46.2 Å². The van der Waals surface area contributed by atoms with Crippen LogP contribution in [-0.4, -0.2) is 59.2 Å². The number of benzene rings is 2. The lowest BCUT2D eigenvalue weighted by molar-refractivity contribution is -0.119. The maximum Gasteiger partial charge on any atom is 0.234 e. The van der Waals surface area contributed by atoms with Crippen molar-refractivity contribution in [3.63, 3.8) is 0 Å². The van der Waals surface area contributed by atoms with E-state index >= 15 is 0 Å². The van der Waals surface area contributed by atoms with Crippen molar-refractivity contribution >= 4 is 84.1 Å². The Hall–Kier alpha value is -2.38. The number of carbonyl (C=O) groups excluding carboxylic acids is 2. The summed E-state index contributed by atoms with van der Waals surface area (Å²) < 4.78 is 14.8. The van der Waals surface area contributed by atoms with Gasteiger partial charge in [0.05, 0.1) is 44.6 Å². The molecule has 0 bridgehead atoms. The molecule has 4 aromatic rings. The van der Waals surface area contributed by atoms with Gasteiger partial charge in [-0.2, -0.15) is 0 Å². The van der Waals surface area contributed by atoms with E-state index in [0.29, 0.717) is 18.9 Å². The molecule has 194 valence electrons. The van der Waals surface area contributed by atoms with Crippen molar-refractivity contribution in [1.82, 2.24) is 15.3 Å². The summed E-state index contributed by atoms with van der Waals surface area (Å²) in [7, 11) is 0. The molecule has 1 unspecified atom stereocenters. The van der Waals surface area contributed by atoms with E-state index in [1.54, 1.807) is 11.3 Å². The Kier molecular flexibility index (Phi) is 8.82. The van der Waals surface area contributed by atoms with E-state index in [2.05, 4.69) is 20.6 Å². The number of anilines is 1. The number of hydrogen-bond acceptors (Lipinski definition) is 10. The van der Waals surface area contributed by atoms with E-state index in [-0.39, 0.29) is 23.7 Å². The van der Waals surface area contributed by atoms with Crippen LogP contribution in [0.15, 0.2) is 45.1 Å². The number of aromatic nitrogens is 2. The minimum atomic E-state index is -0.0966. The van der Waals surface area contributed by atoms with Crippen LogP contribution in [0.2, 0.25) is 0 Å². The molecule has 2 amide bonds. The topological polar surface area (TPSA) is 102 Å². The van der Waals surface area contributed by atoms with Gasteiger partial charge in [0, 0.05) is 18.8 Å². The largest absolute Gasteiger partial charge is 0.494 e. The third-order valence-electron chi connectivity index (χ3n) is 5.51. The van der Waals surface area contributed by atoms with Crippen LogP contribution in [0.1, 0.15) is 19.8 Å². The standard InChI is InChI=1S/C25H26N4O4S4/c1-2-32-16-6-8-19-21(11-16)37-25(29-19)35-14-23(31)27-15-5-7-18-20(10-15)36-24(28-18)34-13-22(30)26-12-17-4-3-9-33-17/h5-8,10-11,17H,2-4,9,12-14H2,1H3,(H,26,30)(H,27,31). The molecule has 2 aromatic heterocycles. The zero-order valence-corrected chi connectivity index (χ0v) is 23.4. The summed E-state index contributed by atoms with van der Waals surface area (Å²) in [5.74, 6) is 1.28. The molecule has 2 N–H and O–H groups in total. The van der Waals surface area contributed by atoms with E-state index in [9.17, 15) is 9.59 Å². The smallest absolute Gasteiger partial charge is 0.234 e. The highest BCUT2D eigenvalue weighted by Crippen LogP contribution is 2.33. The molecule has 1 saturated heterocycles. The Bertz CT molecular complexity index is 1400. The number of ether oxygens (including phenoxy) is 2. The first-order valence-corrected chi connectivity index (χ1v) is 15.5. The zero-order valence-electron chi connectivity index (χ0n) is 20.2. The van der Waals surface area contributed by atoms with Gasteiger partial charge >= 0.3 is 0 Å². The zero-order chi connectivity index (χ0) is 25.6. The SMILES string of the molecule is CCOc1ccc2nc(SCC(=O)Nc3ccc4nc(SCC(=O)NCC5CCCO5)sc4c3)sc2c1. The summed E-state index contributed by atoms with van der Waals surface area (Å²) in [6.07, 6.45) is 2.20. The van der Waals surface area contributed by atoms with Crippen molar-refractivity contribution in [2.45, 2.75) is 34.5 Å². The summed E-state index contributed by atoms with van der Waals surface area (Å²) in [6.45, 7) is 3.92. The van der Waals surface area contributed by atoms with Crippen LogP contribution in [0.4, 0.5) is 5.69 Å². The molecule has 12 heteroatoms. The van der Waals surface area contributed by atoms with E-state index in [1.165, 1.54) is 34.9 Å². The Morgan fingerprint density at radius 3 is 2.43 bits per heavy atom. The van der Waals surface area contributed by atoms with E-state index < -0.39 is 0 Å². The summed E-state index contributed by atoms with van der Waals surface area (Å²) >= 11 is 5.90. The van der Waals surface area contributed by atoms with Crippen LogP contribution in [0.5, 0.6) is 5.75 Å². The van der Waals surface area contributed by atoms with Crippen molar-refractivity contribution in [3.05, 3.63) is 36.4 Å². The van der Waals surface area contributed by atoms with Gasteiger partial charge in [0.1, 0.15) is 5.75 Å². The molecule has 1 atom stereocenters. The van der Waals surface area contributed by atoms with Gasteiger partial charge in [-0.25, -0.2) is 9.97 Å². The number of amides is 2. The average Bonchev–Trinajstić information content (AvgIpc) is 3.64. The summed E-state index contributed by atoms with van der Waals surface area (Å²) in [5, 5.41) is 5.89. The number of thiazole rings is 2. The van der Waals surface area contributed by atoms with Gasteiger partial charge in [0.15, 0.2) is 8.68 Å². The number of rotatable bonds is 11. The maximum atomic E-state index is 12.6. The minimum Gasteiger partial charge on any atom is -0.494 e. The molecule has 1 fully saturated rings. The lowest BCUT2D eigenvalue weighted by atomic mass is 10.2. The van der Waals surface area contributed by atoms with E-state index in [0.717, 1.165) is 60.0 Å². The van der Waals surface area contributed by atoms with Gasteiger partial charge < -0.3 is 20.1 Å². The number of carbonyl (C=O) groups is 2. The first-order valence-electron chi connectivity index (χ1n) is 11.9. The molecule has 2 aromatic carbocycles. The number of hydrogen-bond donors (Lipinski definition) is 2. The second kappa shape index (κ2) is 12.4. The molecular weight excluding hydrogens is 549 g/mol. The van der Waals surface area contributed by atoms with Crippen molar-refractivity contribution in [3.8, 4) is 5.75 Å². The number of nitrogens with zero attached hydrogens (tertiary/aromatic N) is 2. The fourth-order valence-corrected chi connectivity index (χ4v) is 7.62. The molecule has 1 aliphatic rings. The van der Waals surface area contributed by atoms with Crippen LogP contribution in [0, 0.1) is 0 Å². The normalized spacial score (nSPS) is 15.3. The molecule has 0 radical (unpaired) electrons. The Labute approximate surface area is 230 Å². The summed E-state index contributed by atoms with van der Waals surface area (Å²) in [5.41, 5.74) is 2.47. The van der Waals surface area contributed by atoms with Gasteiger partial charge in [0.2, 0.25) is 11.8 Å². The van der Waals surface area contributed by atoms with E-state index in [4.69, 9.17) is 9.47 Å². The van der Waals surface area contributed by atoms with Crippen molar-refractivity contribution in [2.75, 3.05) is 36.6 Å². The molecule has 1 aliphatic heterocycles. The highest BCUT2D eigenvalue weighted by molar-refractivity contribution is 8.02. The van der Waals surface area contributed by atoms with Crippen LogP contribution in [-0.2, 0) is 14.3 Å². The van der Waals surface area contributed by atoms with Crippen molar-refractivity contribution in [2.24, 2.45) is 0 Å². The van der Waals surface area contributed by atoms with Crippen molar-refractivity contribution in [1.29, 1.82) is 0 Å². The van der Waals surface area contributed by atoms with Crippen LogP contribution < -0.4 is 15.4 Å². The monoisotopic (exact) mass is 574 g/mol. The predicted molar refractivity (Wildman–Crippen MR) is 152 cm³/mol. The Morgan fingerprint density at radius 2 is 1.73 bits per heavy atom. The van der Waals surface area contributed by atoms with Gasteiger partial charge in [0.25, 0.3) is 0 Å². The third-order valence-corrected chi connectivity index (χ3v) is 9.83. The van der Waals surface area contributed by atoms with Crippen molar-refractivity contribution < 1.29 is 19.1 Å². The molecular formula is C25H26N4O4S4. The van der Waals surface area contributed by atoms with Crippen LogP contribution in [0.25, 0.3) is 20.4 Å². The summed E-state index contributed by atoms with van der Waals surface area (Å²) in [4.78, 5) is 33.9. The maximum absolute atomic E-state index is 12.6. The second-order valence-corrected chi connectivity index (χ2v) is 12.8. The molecule has 0 saturated carbocycles. The molecule has 5 rings (SSSR count). The number of fused-ring (bicyclic) bond motifs is 2. The average molecular weight is 575 g/mol. The lowest BCUT2D eigenvalue weighted by Crippen LogP contribution is -2.32. The molecule has 0 spiro atoms.